The quantitative estimate of drug-likeness (QED) is 0.216. The molecule has 2 aromatic rings. The Labute approximate surface area is 182 Å². The summed E-state index contributed by atoms with van der Waals surface area (Å²) in [5.74, 6) is 0. The zero-order valence-corrected chi connectivity index (χ0v) is 18.7. The summed E-state index contributed by atoms with van der Waals surface area (Å²) in [6, 6.07) is 16.5. The van der Waals surface area contributed by atoms with Crippen LogP contribution in [0, 0.1) is 13.8 Å². The predicted molar refractivity (Wildman–Crippen MR) is 85.0 cm³/mol. The Balaban J connectivity index is -0.000000309. The van der Waals surface area contributed by atoms with Crippen molar-refractivity contribution in [2.75, 3.05) is 0 Å². The van der Waals surface area contributed by atoms with Gasteiger partial charge >= 0.3 is 37.2 Å². The Morgan fingerprint density at radius 2 is 0.759 bits per heavy atom. The summed E-state index contributed by atoms with van der Waals surface area (Å²) in [6.45, 7) is 4.17. The number of alkyl halides is 6. The van der Waals surface area contributed by atoms with Crippen LogP contribution < -0.4 is 0 Å². The van der Waals surface area contributed by atoms with Gasteiger partial charge in [0.15, 0.2) is 20.2 Å². The van der Waals surface area contributed by atoms with E-state index in [-0.39, 0.29) is 26.2 Å². The summed E-state index contributed by atoms with van der Waals surface area (Å²) in [4.78, 5) is 0. The summed E-state index contributed by atoms with van der Waals surface area (Å²) >= 11 is 0. The summed E-state index contributed by atoms with van der Waals surface area (Å²) in [6.07, 6.45) is 0. The molecule has 0 radical (unpaired) electrons. The van der Waals surface area contributed by atoms with Gasteiger partial charge < -0.3 is 9.11 Å². The molecule has 0 N–H and O–H groups in total. The zero-order valence-electron chi connectivity index (χ0n) is 14.7. The molecule has 2 rings (SSSR count). The number of rotatable bonds is 0. The normalized spacial score (nSPS) is 11.4. The minimum absolute atomic E-state index is 0. The number of hydrogen-bond acceptors (Lipinski definition) is 6. The third kappa shape index (κ3) is 17.5. The Bertz CT molecular complexity index is 781. The molecule has 0 heterocycles. The van der Waals surface area contributed by atoms with Gasteiger partial charge in [0.1, 0.15) is 0 Å². The van der Waals surface area contributed by atoms with Crippen LogP contribution in [0.1, 0.15) is 11.1 Å². The van der Waals surface area contributed by atoms with Gasteiger partial charge in [-0.2, -0.15) is 61.7 Å². The minimum atomic E-state index is -6.09. The van der Waals surface area contributed by atoms with Crippen molar-refractivity contribution >= 4 is 20.2 Å². The van der Waals surface area contributed by atoms with Crippen molar-refractivity contribution in [3.63, 3.8) is 0 Å². The SMILES string of the molecule is C[c-]1cccc1.C[c-]1cccc1.O=S(=O)([O-])C(F)(F)F.O=S(=O)([O-])C(F)(F)F.[Zr+4]. The average molecular weight is 548 g/mol. The van der Waals surface area contributed by atoms with E-state index in [1.807, 2.05) is 24.3 Å². The molecule has 0 aromatic heterocycles. The van der Waals surface area contributed by atoms with Crippen molar-refractivity contribution in [1.82, 2.24) is 0 Å². The molecule has 6 nitrogen and oxygen atoms in total. The van der Waals surface area contributed by atoms with Crippen molar-refractivity contribution in [1.29, 1.82) is 0 Å². The minimum Gasteiger partial charge on any atom is -0.741 e. The fraction of sp³-hybridized carbons (Fsp3) is 0.286. The van der Waals surface area contributed by atoms with E-state index in [1.54, 1.807) is 0 Å². The summed E-state index contributed by atoms with van der Waals surface area (Å²) in [7, 11) is -12.2. The monoisotopic (exact) mass is 546 g/mol. The van der Waals surface area contributed by atoms with E-state index in [0.717, 1.165) is 0 Å². The molecule has 164 valence electrons. The molecule has 0 spiro atoms. The first-order valence-electron chi connectivity index (χ1n) is 6.70. The largest absolute Gasteiger partial charge is 4.00 e. The number of aryl methyl sites for hydroxylation is 2. The van der Waals surface area contributed by atoms with Gasteiger partial charge in [-0.05, 0) is 0 Å². The van der Waals surface area contributed by atoms with E-state index >= 15 is 0 Å². The van der Waals surface area contributed by atoms with E-state index in [0.29, 0.717) is 0 Å². The molecule has 0 amide bonds. The fourth-order valence-corrected chi connectivity index (χ4v) is 0.940. The van der Waals surface area contributed by atoms with Crippen molar-refractivity contribution in [3.05, 3.63) is 59.7 Å². The van der Waals surface area contributed by atoms with Gasteiger partial charge in [-0.1, -0.05) is 13.8 Å². The topological polar surface area (TPSA) is 114 Å². The molecule has 0 bridgehead atoms. The van der Waals surface area contributed by atoms with Crippen LogP contribution in [0.2, 0.25) is 0 Å². The number of hydrogen-bond donors (Lipinski definition) is 0. The van der Waals surface area contributed by atoms with E-state index in [9.17, 15) is 26.3 Å². The van der Waals surface area contributed by atoms with E-state index in [2.05, 4.69) is 38.1 Å². The second-order valence-electron chi connectivity index (χ2n) is 4.72. The van der Waals surface area contributed by atoms with Crippen LogP contribution >= 0.6 is 0 Å². The molecule has 0 unspecified atom stereocenters. The van der Waals surface area contributed by atoms with E-state index < -0.39 is 31.3 Å². The van der Waals surface area contributed by atoms with Gasteiger partial charge in [0.2, 0.25) is 0 Å². The Morgan fingerprint density at radius 1 is 0.621 bits per heavy atom. The number of halogens is 6. The van der Waals surface area contributed by atoms with Gasteiger partial charge in [-0.15, -0.1) is 0 Å². The van der Waals surface area contributed by atoms with Crippen molar-refractivity contribution in [3.8, 4) is 0 Å². The molecule has 0 aliphatic heterocycles. The first kappa shape index (κ1) is 32.6. The first-order valence-corrected chi connectivity index (χ1v) is 9.51. The Morgan fingerprint density at radius 3 is 0.793 bits per heavy atom. The van der Waals surface area contributed by atoms with Crippen molar-refractivity contribution < 1.29 is 78.5 Å². The van der Waals surface area contributed by atoms with Crippen LogP contribution in [0.3, 0.4) is 0 Å². The molecule has 0 aliphatic rings. The van der Waals surface area contributed by atoms with Gasteiger partial charge in [-0.3, -0.25) is 0 Å². The first-order chi connectivity index (χ1) is 12.3. The van der Waals surface area contributed by atoms with Gasteiger partial charge in [0.05, 0.1) is 0 Å². The fourth-order valence-electron chi connectivity index (χ4n) is 0.940. The van der Waals surface area contributed by atoms with Crippen molar-refractivity contribution in [2.24, 2.45) is 0 Å². The van der Waals surface area contributed by atoms with Gasteiger partial charge in [0, 0.05) is 0 Å². The second kappa shape index (κ2) is 13.3. The maximum absolute atomic E-state index is 10.7. The van der Waals surface area contributed by atoms with Crippen LogP contribution in [-0.2, 0) is 46.4 Å². The molecule has 2 aromatic carbocycles. The molecular formula is C14H14F6O6S2Zr. The Kier molecular flexibility index (Phi) is 15.0. The van der Waals surface area contributed by atoms with E-state index in [1.165, 1.54) is 11.1 Å². The zero-order chi connectivity index (χ0) is 22.8. The van der Waals surface area contributed by atoms with Gasteiger partial charge in [-0.25, -0.2) is 41.1 Å². The van der Waals surface area contributed by atoms with Crippen LogP contribution in [0.25, 0.3) is 0 Å². The smallest absolute Gasteiger partial charge is 0.741 e. The maximum Gasteiger partial charge on any atom is 4.00 e. The summed E-state index contributed by atoms with van der Waals surface area (Å²) in [5.41, 5.74) is -8.61. The molecule has 0 saturated carbocycles. The maximum atomic E-state index is 10.7. The Hall–Kier alpha value is -1.02. The second-order valence-corrected chi connectivity index (χ2v) is 7.47. The third-order valence-electron chi connectivity index (χ3n) is 2.23. The molecule has 0 atom stereocenters. The average Bonchev–Trinajstić information content (AvgIpc) is 3.10. The molecule has 0 aliphatic carbocycles. The van der Waals surface area contributed by atoms with Crippen LogP contribution in [0.4, 0.5) is 26.3 Å². The molecular weight excluding hydrogens is 533 g/mol. The van der Waals surface area contributed by atoms with Crippen molar-refractivity contribution in [2.45, 2.75) is 24.9 Å². The van der Waals surface area contributed by atoms with Crippen LogP contribution in [-0.4, -0.2) is 37.0 Å². The van der Waals surface area contributed by atoms with Gasteiger partial charge in [0.25, 0.3) is 0 Å². The summed E-state index contributed by atoms with van der Waals surface area (Å²) < 4.78 is 118. The molecule has 15 heteroatoms. The van der Waals surface area contributed by atoms with Crippen LogP contribution in [0.15, 0.2) is 48.5 Å². The van der Waals surface area contributed by atoms with Crippen LogP contribution in [0.5, 0.6) is 0 Å². The standard InChI is InChI=1S/2C6H7.2CHF3O3S.Zr/c2*1-6-4-2-3-5-6;2*2-1(3,4)8(5,6)7;/h2*2-5H,1H3;2*(H,5,6,7);/q2*-1;;;+4/p-2. The van der Waals surface area contributed by atoms with E-state index in [4.69, 9.17) is 25.9 Å². The molecule has 0 saturated heterocycles. The molecule has 29 heavy (non-hydrogen) atoms. The predicted octanol–water partition coefficient (Wildman–Crippen LogP) is 3.53. The third-order valence-corrected chi connectivity index (χ3v) is 3.36. The molecule has 0 fully saturated rings. The summed E-state index contributed by atoms with van der Waals surface area (Å²) in [5, 5.41) is 0.